The van der Waals surface area contributed by atoms with Crippen molar-refractivity contribution in [3.63, 3.8) is 0 Å². The Hall–Kier alpha value is -2.69. The number of nitrogens with zero attached hydrogens (tertiary/aromatic N) is 2. The lowest BCUT2D eigenvalue weighted by molar-refractivity contribution is 0.0896. The smallest absolute Gasteiger partial charge is 0.268 e. The van der Waals surface area contributed by atoms with Gasteiger partial charge in [0.05, 0.1) is 21.2 Å². The second-order valence-electron chi connectivity index (χ2n) is 5.09. The summed E-state index contributed by atoms with van der Waals surface area (Å²) < 4.78 is 0. The number of hydrogen-bond donors (Lipinski definition) is 0. The number of hydrogen-bond acceptors (Lipinski definition) is 3. The summed E-state index contributed by atoms with van der Waals surface area (Å²) in [5.74, 6) is -0.958. The predicted octanol–water partition coefficient (Wildman–Crippen LogP) is 4.88. The number of carbonyl (C=O) groups is 2. The first kappa shape index (κ1) is 17.1. The summed E-state index contributed by atoms with van der Waals surface area (Å²) in [6.45, 7) is 0. The van der Waals surface area contributed by atoms with Crippen LogP contribution in [0.3, 0.4) is 0 Å². The molecule has 3 rings (SSSR count). The van der Waals surface area contributed by atoms with Gasteiger partial charge in [-0.05, 0) is 36.4 Å². The maximum atomic E-state index is 13.0. The highest BCUT2D eigenvalue weighted by Crippen LogP contribution is 2.24. The quantitative estimate of drug-likeness (QED) is 0.617. The molecule has 0 aliphatic heterocycles. The molecule has 0 unspecified atom stereocenters. The van der Waals surface area contributed by atoms with Crippen LogP contribution in [0.1, 0.15) is 20.7 Å². The van der Waals surface area contributed by atoms with Gasteiger partial charge in [-0.15, -0.1) is 0 Å². The highest BCUT2D eigenvalue weighted by atomic mass is 35.5. The van der Waals surface area contributed by atoms with Crippen LogP contribution in [-0.4, -0.2) is 16.8 Å². The zero-order valence-electron chi connectivity index (χ0n) is 12.9. The number of carbonyl (C=O) groups excluding carboxylic acids is 2. The summed E-state index contributed by atoms with van der Waals surface area (Å²) in [5, 5.41) is 0.501. The van der Waals surface area contributed by atoms with Gasteiger partial charge in [-0.2, -0.15) is 0 Å². The van der Waals surface area contributed by atoms with Crippen LogP contribution in [0.2, 0.25) is 10.0 Å². The van der Waals surface area contributed by atoms with Crippen molar-refractivity contribution in [3.8, 4) is 0 Å². The molecule has 1 heterocycles. The number of aromatic nitrogens is 1. The number of amides is 2. The fourth-order valence-electron chi connectivity index (χ4n) is 2.30. The number of benzene rings is 2. The van der Waals surface area contributed by atoms with Gasteiger partial charge in [0.25, 0.3) is 11.8 Å². The molecule has 0 fully saturated rings. The van der Waals surface area contributed by atoms with Gasteiger partial charge in [0.15, 0.2) is 0 Å². The maximum absolute atomic E-state index is 13.0. The minimum absolute atomic E-state index is 0.192. The molecule has 3 aromatic rings. The summed E-state index contributed by atoms with van der Waals surface area (Å²) in [6, 6.07) is 18.0. The van der Waals surface area contributed by atoms with Crippen LogP contribution < -0.4 is 4.90 Å². The van der Waals surface area contributed by atoms with Crippen LogP contribution in [0.25, 0.3) is 0 Å². The normalized spacial score (nSPS) is 10.3. The SMILES string of the molecule is O=C(c1ccccc1Cl)N(C(=O)c1ccccc1Cl)c1ccccn1. The Balaban J connectivity index is 2.11. The molecule has 0 bridgehead atoms. The van der Waals surface area contributed by atoms with Gasteiger partial charge < -0.3 is 0 Å². The lowest BCUT2D eigenvalue weighted by Gasteiger charge is -2.21. The van der Waals surface area contributed by atoms with E-state index in [-0.39, 0.29) is 27.0 Å². The fraction of sp³-hybridized carbons (Fsp3) is 0. The molecule has 0 spiro atoms. The van der Waals surface area contributed by atoms with Gasteiger partial charge in [-0.25, -0.2) is 9.88 Å². The molecule has 0 aliphatic rings. The third kappa shape index (κ3) is 3.55. The lowest BCUT2D eigenvalue weighted by atomic mass is 10.1. The average molecular weight is 371 g/mol. The third-order valence-corrected chi connectivity index (χ3v) is 4.15. The molecule has 0 saturated heterocycles. The maximum Gasteiger partial charge on any atom is 0.268 e. The predicted molar refractivity (Wildman–Crippen MR) is 98.3 cm³/mol. The number of pyridine rings is 1. The summed E-state index contributed by atoms with van der Waals surface area (Å²) in [5.41, 5.74) is 0.408. The lowest BCUT2D eigenvalue weighted by Crippen LogP contribution is -2.38. The Labute approximate surface area is 154 Å². The van der Waals surface area contributed by atoms with Crippen LogP contribution in [0.5, 0.6) is 0 Å². The first-order valence-corrected chi connectivity index (χ1v) is 8.14. The van der Waals surface area contributed by atoms with E-state index < -0.39 is 11.8 Å². The Morgan fingerprint density at radius 1 is 0.720 bits per heavy atom. The molecule has 6 heteroatoms. The van der Waals surface area contributed by atoms with Crippen LogP contribution in [0.4, 0.5) is 5.82 Å². The van der Waals surface area contributed by atoms with E-state index in [0.717, 1.165) is 4.90 Å². The van der Waals surface area contributed by atoms with Gasteiger partial charge in [0.2, 0.25) is 0 Å². The number of anilines is 1. The Morgan fingerprint density at radius 3 is 1.64 bits per heavy atom. The molecule has 2 amide bonds. The molecular formula is C19H12Cl2N2O2. The fourth-order valence-corrected chi connectivity index (χ4v) is 2.73. The van der Waals surface area contributed by atoms with E-state index in [1.807, 2.05) is 0 Å². The van der Waals surface area contributed by atoms with Crippen molar-refractivity contribution in [1.82, 2.24) is 4.98 Å². The zero-order chi connectivity index (χ0) is 17.8. The van der Waals surface area contributed by atoms with E-state index in [9.17, 15) is 9.59 Å². The van der Waals surface area contributed by atoms with E-state index >= 15 is 0 Å². The number of halogens is 2. The summed E-state index contributed by atoms with van der Waals surface area (Å²) >= 11 is 12.3. The number of rotatable bonds is 3. The van der Waals surface area contributed by atoms with Crippen LogP contribution >= 0.6 is 23.2 Å². The van der Waals surface area contributed by atoms with Crippen LogP contribution in [-0.2, 0) is 0 Å². The summed E-state index contributed by atoms with van der Waals surface area (Å²) in [6.07, 6.45) is 1.50. The molecule has 124 valence electrons. The average Bonchev–Trinajstić information content (AvgIpc) is 2.63. The molecule has 0 atom stereocenters. The van der Waals surface area contributed by atoms with Crippen molar-refractivity contribution in [3.05, 3.63) is 94.1 Å². The van der Waals surface area contributed by atoms with E-state index in [1.54, 1.807) is 66.7 Å². The van der Waals surface area contributed by atoms with E-state index in [4.69, 9.17) is 23.2 Å². The van der Waals surface area contributed by atoms with E-state index in [0.29, 0.717) is 0 Å². The largest absolute Gasteiger partial charge is 0.268 e. The van der Waals surface area contributed by atoms with E-state index in [1.165, 1.54) is 6.20 Å². The highest BCUT2D eigenvalue weighted by Gasteiger charge is 2.29. The Morgan fingerprint density at radius 2 is 1.20 bits per heavy atom. The summed E-state index contributed by atoms with van der Waals surface area (Å²) in [4.78, 5) is 31.2. The topological polar surface area (TPSA) is 50.3 Å². The zero-order valence-corrected chi connectivity index (χ0v) is 14.4. The highest BCUT2D eigenvalue weighted by molar-refractivity contribution is 6.38. The second-order valence-corrected chi connectivity index (χ2v) is 5.91. The van der Waals surface area contributed by atoms with Crippen LogP contribution in [0, 0.1) is 0 Å². The van der Waals surface area contributed by atoms with Gasteiger partial charge in [-0.1, -0.05) is 53.5 Å². The monoisotopic (exact) mass is 370 g/mol. The van der Waals surface area contributed by atoms with Crippen molar-refractivity contribution < 1.29 is 9.59 Å². The molecular weight excluding hydrogens is 359 g/mol. The first-order valence-electron chi connectivity index (χ1n) is 7.38. The van der Waals surface area contributed by atoms with Crippen molar-refractivity contribution in [2.24, 2.45) is 0 Å². The van der Waals surface area contributed by atoms with Gasteiger partial charge >= 0.3 is 0 Å². The van der Waals surface area contributed by atoms with Crippen molar-refractivity contribution in [2.75, 3.05) is 4.90 Å². The Kier molecular flexibility index (Phi) is 5.12. The molecule has 0 N–H and O–H groups in total. The Bertz CT molecular complexity index is 872. The van der Waals surface area contributed by atoms with Gasteiger partial charge in [-0.3, -0.25) is 9.59 Å². The molecule has 0 radical (unpaired) electrons. The second kappa shape index (κ2) is 7.47. The van der Waals surface area contributed by atoms with Gasteiger partial charge in [0, 0.05) is 6.20 Å². The molecule has 2 aromatic carbocycles. The minimum Gasteiger partial charge on any atom is -0.268 e. The van der Waals surface area contributed by atoms with Crippen molar-refractivity contribution in [1.29, 1.82) is 0 Å². The van der Waals surface area contributed by atoms with Crippen molar-refractivity contribution in [2.45, 2.75) is 0 Å². The minimum atomic E-state index is -0.575. The van der Waals surface area contributed by atoms with Crippen LogP contribution in [0.15, 0.2) is 72.9 Å². The molecule has 1 aromatic heterocycles. The van der Waals surface area contributed by atoms with Gasteiger partial charge in [0.1, 0.15) is 5.82 Å². The third-order valence-electron chi connectivity index (χ3n) is 3.49. The molecule has 25 heavy (non-hydrogen) atoms. The van der Waals surface area contributed by atoms with Crippen molar-refractivity contribution >= 4 is 40.8 Å². The first-order chi connectivity index (χ1) is 12.1. The van der Waals surface area contributed by atoms with E-state index in [2.05, 4.69) is 4.98 Å². The molecule has 0 saturated carbocycles. The standard InChI is InChI=1S/C19H12Cl2N2O2/c20-15-9-3-1-7-13(15)18(24)23(17-11-5-6-12-22-17)19(25)14-8-2-4-10-16(14)21/h1-12H. The molecule has 4 nitrogen and oxygen atoms in total. The number of imide groups is 1. The summed E-state index contributed by atoms with van der Waals surface area (Å²) in [7, 11) is 0. The molecule has 0 aliphatic carbocycles.